The Kier molecular flexibility index (Phi) is 7.15. The fraction of sp³-hybridized carbons (Fsp3) is 0.170. The highest BCUT2D eigenvalue weighted by Crippen LogP contribution is 2.40. The van der Waals surface area contributed by atoms with Crippen LogP contribution in [0.5, 0.6) is 11.5 Å². The van der Waals surface area contributed by atoms with Gasteiger partial charge in [0.1, 0.15) is 11.5 Å². The van der Waals surface area contributed by atoms with Gasteiger partial charge in [-0.15, -0.1) is 0 Å². The lowest BCUT2D eigenvalue weighted by atomic mass is 9.85. The molecule has 1 aliphatic heterocycles. The first-order valence-corrected chi connectivity index (χ1v) is 18.1. The van der Waals surface area contributed by atoms with Crippen molar-refractivity contribution in [2.24, 2.45) is 0 Å². The number of hydrogen-bond donors (Lipinski definition) is 3. The molecule has 0 fully saturated rings. The number of aromatic amines is 1. The molecule has 4 aromatic heterocycles. The Morgan fingerprint density at radius 3 is 1.57 bits per heavy atom. The normalized spacial score (nSPS) is 12.8. The number of aromatic nitrogens is 4. The number of fused-ring (bicyclic) bond motifs is 14. The molecule has 9 rings (SSSR count). The number of nitrogens with zero attached hydrogens (tertiary/aromatic N) is 3. The van der Waals surface area contributed by atoms with Gasteiger partial charge in [-0.2, -0.15) is 0 Å². The SMILES string of the molecule is CC(C)(C)c1cc2c3nc(c(-c4ccccc4)c4ccc([nH]4)c4cc(C(C)(C)C)cc(c4O)c4ccc5ccc6ccc(nc6c5n4)c(c1)c2O)C=C3. The van der Waals surface area contributed by atoms with Gasteiger partial charge in [-0.05, 0) is 88.2 Å². The molecule has 6 nitrogen and oxygen atoms in total. The minimum atomic E-state index is -0.217. The van der Waals surface area contributed by atoms with Gasteiger partial charge in [0.2, 0.25) is 0 Å². The summed E-state index contributed by atoms with van der Waals surface area (Å²) in [6.45, 7) is 13.0. The Hall–Kier alpha value is -6.27. The Balaban J connectivity index is 1.55. The molecule has 5 heterocycles. The van der Waals surface area contributed by atoms with Gasteiger partial charge in [0.25, 0.3) is 0 Å². The van der Waals surface area contributed by atoms with E-state index in [1.807, 2.05) is 72.8 Å². The van der Waals surface area contributed by atoms with Crippen LogP contribution in [-0.4, -0.2) is 30.1 Å². The Bertz CT molecular complexity index is 2980. The quantitative estimate of drug-likeness (QED) is 0.149. The van der Waals surface area contributed by atoms with Crippen LogP contribution in [0.4, 0.5) is 0 Å². The highest BCUT2D eigenvalue weighted by Gasteiger charge is 2.21. The van der Waals surface area contributed by atoms with Crippen molar-refractivity contribution >= 4 is 77.6 Å². The number of aromatic hydroxyl groups is 2. The highest BCUT2D eigenvalue weighted by atomic mass is 16.3. The maximum atomic E-state index is 12.1. The summed E-state index contributed by atoms with van der Waals surface area (Å²) in [6.07, 6.45) is 3.99. The van der Waals surface area contributed by atoms with Crippen LogP contribution in [0.1, 0.15) is 64.1 Å². The van der Waals surface area contributed by atoms with Gasteiger partial charge in [-0.3, -0.25) is 0 Å². The number of phenols is 2. The monoisotopic (exact) mass is 692 g/mol. The molecule has 0 aliphatic carbocycles. The predicted molar refractivity (Wildman–Crippen MR) is 221 cm³/mol. The first-order chi connectivity index (χ1) is 25.3. The summed E-state index contributed by atoms with van der Waals surface area (Å²) >= 11 is 0. The van der Waals surface area contributed by atoms with Gasteiger partial charge >= 0.3 is 0 Å². The van der Waals surface area contributed by atoms with Gasteiger partial charge in [-0.1, -0.05) is 96.1 Å². The summed E-state index contributed by atoms with van der Waals surface area (Å²) in [7, 11) is 0. The predicted octanol–water partition coefficient (Wildman–Crippen LogP) is 12.0. The van der Waals surface area contributed by atoms with Crippen molar-refractivity contribution in [3.8, 4) is 22.6 Å². The van der Waals surface area contributed by atoms with Crippen molar-refractivity contribution < 1.29 is 10.2 Å². The first kappa shape index (κ1) is 32.6. The van der Waals surface area contributed by atoms with E-state index < -0.39 is 0 Å². The lowest BCUT2D eigenvalue weighted by Gasteiger charge is -2.20. The molecule has 53 heavy (non-hydrogen) atoms. The fourth-order valence-corrected chi connectivity index (χ4v) is 7.39. The molecule has 1 aliphatic rings. The lowest BCUT2D eigenvalue weighted by molar-refractivity contribution is 0.486. The smallest absolute Gasteiger partial charge is 0.134 e. The molecule has 0 unspecified atom stereocenters. The molecular formula is C47H40N4O2. The Morgan fingerprint density at radius 2 is 0.981 bits per heavy atom. The van der Waals surface area contributed by atoms with Crippen molar-refractivity contribution in [3.05, 3.63) is 126 Å². The van der Waals surface area contributed by atoms with Gasteiger partial charge in [0, 0.05) is 48.9 Å². The molecule has 4 aromatic carbocycles. The zero-order chi connectivity index (χ0) is 36.8. The summed E-state index contributed by atoms with van der Waals surface area (Å²) < 4.78 is 0. The van der Waals surface area contributed by atoms with E-state index in [4.69, 9.17) is 15.0 Å². The molecule has 0 spiro atoms. The molecular weight excluding hydrogens is 653 g/mol. The van der Waals surface area contributed by atoms with Crippen LogP contribution < -0.4 is 0 Å². The molecule has 6 heteroatoms. The van der Waals surface area contributed by atoms with E-state index in [2.05, 4.69) is 89.0 Å². The average Bonchev–Trinajstić information content (AvgIpc) is 3.82. The number of phenolic OH excluding ortho intramolecular Hbond substituents is 2. The third kappa shape index (κ3) is 5.45. The second kappa shape index (κ2) is 11.6. The van der Waals surface area contributed by atoms with Crippen LogP contribution in [0.2, 0.25) is 0 Å². The number of nitrogens with one attached hydrogen (secondary N) is 1. The van der Waals surface area contributed by atoms with Crippen LogP contribution in [0.15, 0.2) is 103 Å². The van der Waals surface area contributed by atoms with Gasteiger partial charge in [0.15, 0.2) is 0 Å². The van der Waals surface area contributed by atoms with Crippen LogP contribution in [-0.2, 0) is 10.8 Å². The minimum Gasteiger partial charge on any atom is -0.507 e. The highest BCUT2D eigenvalue weighted by molar-refractivity contribution is 6.08. The van der Waals surface area contributed by atoms with E-state index in [-0.39, 0.29) is 22.3 Å². The first-order valence-electron chi connectivity index (χ1n) is 18.1. The standard InChI is InChI=1S/C47H40N4O2/c1-46(2,3)29-22-31-35-18-20-39(48-35)41(26-10-8-7-9-11-26)40-21-19-36(49-40)32-23-30(47(4,5)6)25-34(45(32)53)38-17-15-28-13-12-27-14-16-37(33(24-29)44(31)52)50-42(27)43(28)51-38/h7-25,48,52-53H,1-6H3. The van der Waals surface area contributed by atoms with Crippen molar-refractivity contribution in [1.82, 2.24) is 19.9 Å². The van der Waals surface area contributed by atoms with Gasteiger partial charge in [-0.25, -0.2) is 15.0 Å². The number of H-pyrrole nitrogens is 1. The molecule has 0 saturated carbocycles. The molecule has 0 atom stereocenters. The third-order valence-electron chi connectivity index (χ3n) is 10.5. The van der Waals surface area contributed by atoms with Crippen molar-refractivity contribution in [2.45, 2.75) is 52.4 Å². The summed E-state index contributed by atoms with van der Waals surface area (Å²) in [5.74, 6) is 0.274. The van der Waals surface area contributed by atoms with Gasteiger partial charge < -0.3 is 15.2 Å². The van der Waals surface area contributed by atoms with Crippen LogP contribution in [0.25, 0.3) is 88.7 Å². The van der Waals surface area contributed by atoms with E-state index in [0.29, 0.717) is 38.3 Å². The van der Waals surface area contributed by atoms with E-state index in [0.717, 1.165) is 60.8 Å². The molecule has 3 N–H and O–H groups in total. The second-order valence-electron chi connectivity index (χ2n) is 16.2. The molecule has 0 saturated heterocycles. The largest absolute Gasteiger partial charge is 0.507 e. The van der Waals surface area contributed by atoms with Crippen LogP contribution in [0, 0.1) is 0 Å². The zero-order valence-electron chi connectivity index (χ0n) is 30.7. The maximum Gasteiger partial charge on any atom is 0.134 e. The average molecular weight is 693 g/mol. The molecule has 0 radical (unpaired) electrons. The number of pyridine rings is 2. The summed E-state index contributed by atoms with van der Waals surface area (Å²) in [4.78, 5) is 19.3. The van der Waals surface area contributed by atoms with E-state index >= 15 is 0 Å². The fourth-order valence-electron chi connectivity index (χ4n) is 7.39. The number of hydrogen-bond acceptors (Lipinski definition) is 5. The topological polar surface area (TPSA) is 94.9 Å². The van der Waals surface area contributed by atoms with Crippen LogP contribution in [0.3, 0.4) is 0 Å². The second-order valence-corrected chi connectivity index (χ2v) is 16.2. The summed E-state index contributed by atoms with van der Waals surface area (Å²) in [5, 5.41) is 28.7. The number of rotatable bonds is 1. The van der Waals surface area contributed by atoms with Crippen molar-refractivity contribution in [3.63, 3.8) is 0 Å². The molecule has 260 valence electrons. The lowest BCUT2D eigenvalue weighted by Crippen LogP contribution is -2.10. The van der Waals surface area contributed by atoms with Crippen molar-refractivity contribution in [2.75, 3.05) is 0 Å². The summed E-state index contributed by atoms with van der Waals surface area (Å²) in [6, 6.07) is 34.6. The molecule has 0 amide bonds. The molecule has 12 bridgehead atoms. The maximum absolute atomic E-state index is 12.1. The van der Waals surface area contributed by atoms with E-state index in [1.54, 1.807) is 0 Å². The van der Waals surface area contributed by atoms with Crippen molar-refractivity contribution in [1.29, 1.82) is 0 Å². The van der Waals surface area contributed by atoms with Gasteiger partial charge in [0.05, 0.1) is 33.5 Å². The van der Waals surface area contributed by atoms with E-state index in [1.165, 1.54) is 0 Å². The molecule has 8 aromatic rings. The minimum absolute atomic E-state index is 0.125. The zero-order valence-corrected chi connectivity index (χ0v) is 30.7. The number of benzene rings is 4. The Morgan fingerprint density at radius 1 is 0.491 bits per heavy atom. The van der Waals surface area contributed by atoms with E-state index in [9.17, 15) is 10.2 Å². The van der Waals surface area contributed by atoms with Crippen LogP contribution >= 0.6 is 0 Å². The Labute approximate surface area is 307 Å². The third-order valence-corrected chi connectivity index (χ3v) is 10.5. The summed E-state index contributed by atoms with van der Waals surface area (Å²) in [5.41, 5.74) is 9.41.